The lowest BCUT2D eigenvalue weighted by Crippen LogP contribution is -1.81. The van der Waals surface area contributed by atoms with Crippen LogP contribution in [-0.2, 0) is 0 Å². The van der Waals surface area contributed by atoms with Crippen LogP contribution >= 0.6 is 12.2 Å². The number of aromatic nitrogens is 4. The average Bonchev–Trinajstić information content (AvgIpc) is 2.60. The van der Waals surface area contributed by atoms with Crippen LogP contribution in [0.3, 0.4) is 0 Å². The third-order valence-corrected chi connectivity index (χ3v) is 1.95. The van der Waals surface area contributed by atoms with E-state index in [1.807, 2.05) is 13.8 Å². The highest BCUT2D eigenvalue weighted by Crippen LogP contribution is 2.22. The second kappa shape index (κ2) is 2.81. The van der Waals surface area contributed by atoms with Crippen molar-refractivity contribution in [2.24, 2.45) is 0 Å². The van der Waals surface area contributed by atoms with Gasteiger partial charge < -0.3 is 4.42 Å². The first-order chi connectivity index (χ1) is 6.18. The van der Waals surface area contributed by atoms with E-state index in [-0.39, 0.29) is 4.84 Å². The molecule has 0 radical (unpaired) electrons. The molecule has 0 unspecified atom stereocenters. The predicted molar refractivity (Wildman–Crippen MR) is 48.7 cm³/mol. The van der Waals surface area contributed by atoms with Crippen molar-refractivity contribution in [3.8, 4) is 11.5 Å². The van der Waals surface area contributed by atoms with E-state index in [2.05, 4.69) is 20.4 Å². The van der Waals surface area contributed by atoms with Crippen molar-refractivity contribution in [3.63, 3.8) is 0 Å². The van der Waals surface area contributed by atoms with Gasteiger partial charge in [0.15, 0.2) is 0 Å². The largest absolute Gasteiger partial charge is 0.409 e. The van der Waals surface area contributed by atoms with Gasteiger partial charge in [-0.2, -0.15) is 5.10 Å². The lowest BCUT2D eigenvalue weighted by Gasteiger charge is -1.91. The van der Waals surface area contributed by atoms with Crippen molar-refractivity contribution in [1.29, 1.82) is 0 Å². The van der Waals surface area contributed by atoms with Crippen LogP contribution in [0.4, 0.5) is 0 Å². The molecule has 0 bridgehead atoms. The summed E-state index contributed by atoms with van der Waals surface area (Å²) in [5, 5.41) is 13.4. The number of nitrogens with one attached hydrogen (secondary N) is 2. The Labute approximate surface area is 79.2 Å². The van der Waals surface area contributed by atoms with E-state index in [9.17, 15) is 0 Å². The molecule has 2 aromatic rings. The van der Waals surface area contributed by atoms with Crippen LogP contribution in [0.15, 0.2) is 4.42 Å². The molecule has 0 saturated carbocycles. The van der Waals surface area contributed by atoms with Crippen molar-refractivity contribution >= 4 is 12.2 Å². The Morgan fingerprint density at radius 3 is 2.46 bits per heavy atom. The van der Waals surface area contributed by atoms with E-state index in [0.29, 0.717) is 5.89 Å². The maximum atomic E-state index is 5.18. The van der Waals surface area contributed by atoms with Gasteiger partial charge in [0.2, 0.25) is 5.89 Å². The minimum Gasteiger partial charge on any atom is -0.409 e. The Balaban J connectivity index is 2.64. The molecule has 2 heterocycles. The molecule has 0 aliphatic heterocycles. The normalized spacial score (nSPS) is 10.6. The molecule has 2 aromatic heterocycles. The highest BCUT2D eigenvalue weighted by molar-refractivity contribution is 7.71. The van der Waals surface area contributed by atoms with Gasteiger partial charge in [-0.1, -0.05) is 0 Å². The predicted octanol–water partition coefficient (Wildman–Crippen LogP) is 1.74. The molecule has 0 atom stereocenters. The lowest BCUT2D eigenvalue weighted by atomic mass is 10.2. The molecule has 2 rings (SSSR count). The summed E-state index contributed by atoms with van der Waals surface area (Å²) in [6, 6.07) is 0. The van der Waals surface area contributed by atoms with Crippen LogP contribution in [0, 0.1) is 18.7 Å². The highest BCUT2D eigenvalue weighted by Gasteiger charge is 2.13. The third kappa shape index (κ3) is 1.29. The van der Waals surface area contributed by atoms with Crippen molar-refractivity contribution < 1.29 is 4.42 Å². The molecule has 0 amide bonds. The Bertz CT molecular complexity index is 461. The van der Waals surface area contributed by atoms with Gasteiger partial charge in [0.25, 0.3) is 4.84 Å². The zero-order valence-corrected chi connectivity index (χ0v) is 8.03. The maximum absolute atomic E-state index is 5.18. The molecule has 5 nitrogen and oxygen atoms in total. The molecule has 13 heavy (non-hydrogen) atoms. The molecule has 68 valence electrons. The van der Waals surface area contributed by atoms with Crippen LogP contribution in [0.1, 0.15) is 11.4 Å². The number of rotatable bonds is 1. The summed E-state index contributed by atoms with van der Waals surface area (Å²) < 4.78 is 5.18. The van der Waals surface area contributed by atoms with E-state index < -0.39 is 0 Å². The standard InChI is InChI=1S/C7H8N4OS/c1-3-5(4(2)9-8-3)6-10-11-7(13)12-6/h1-2H3,(H,8,9)(H,11,13). The summed E-state index contributed by atoms with van der Waals surface area (Å²) in [6.45, 7) is 3.79. The van der Waals surface area contributed by atoms with Crippen LogP contribution < -0.4 is 0 Å². The summed E-state index contributed by atoms with van der Waals surface area (Å²) in [6.07, 6.45) is 0. The number of hydrogen-bond donors (Lipinski definition) is 2. The van der Waals surface area contributed by atoms with Gasteiger partial charge in [0.1, 0.15) is 0 Å². The van der Waals surface area contributed by atoms with Gasteiger partial charge in [-0.05, 0) is 26.1 Å². The SMILES string of the molecule is Cc1n[nH]c(C)c1-c1n[nH]c(=S)o1. The Morgan fingerprint density at radius 2 is 2.00 bits per heavy atom. The minimum atomic E-state index is 0.273. The maximum Gasteiger partial charge on any atom is 0.284 e. The number of aromatic amines is 2. The van der Waals surface area contributed by atoms with Gasteiger partial charge in [-0.25, -0.2) is 5.10 Å². The topological polar surface area (TPSA) is 70.5 Å². The van der Waals surface area contributed by atoms with E-state index in [0.717, 1.165) is 17.0 Å². The first-order valence-corrected chi connectivity index (χ1v) is 4.17. The van der Waals surface area contributed by atoms with Crippen molar-refractivity contribution in [1.82, 2.24) is 20.4 Å². The first-order valence-electron chi connectivity index (χ1n) is 3.76. The summed E-state index contributed by atoms with van der Waals surface area (Å²) in [5.74, 6) is 0.480. The van der Waals surface area contributed by atoms with Gasteiger partial charge in [-0.15, -0.1) is 5.10 Å². The molecule has 0 aliphatic carbocycles. The molecular weight excluding hydrogens is 188 g/mol. The molecule has 0 fully saturated rings. The molecular formula is C7H8N4OS. The smallest absolute Gasteiger partial charge is 0.284 e. The molecule has 2 N–H and O–H groups in total. The minimum absolute atomic E-state index is 0.273. The van der Waals surface area contributed by atoms with E-state index in [1.165, 1.54) is 0 Å². The summed E-state index contributed by atoms with van der Waals surface area (Å²) in [5.41, 5.74) is 2.64. The van der Waals surface area contributed by atoms with Crippen LogP contribution in [0.25, 0.3) is 11.5 Å². The molecule has 0 spiro atoms. The van der Waals surface area contributed by atoms with Gasteiger partial charge in [0.05, 0.1) is 11.3 Å². The second-order valence-electron chi connectivity index (χ2n) is 2.73. The number of hydrogen-bond acceptors (Lipinski definition) is 4. The monoisotopic (exact) mass is 196 g/mol. The van der Waals surface area contributed by atoms with Gasteiger partial charge in [0, 0.05) is 5.69 Å². The number of aryl methyl sites for hydroxylation is 2. The highest BCUT2D eigenvalue weighted by atomic mass is 32.1. The molecule has 0 saturated heterocycles. The Kier molecular flexibility index (Phi) is 1.77. The summed E-state index contributed by atoms with van der Waals surface area (Å²) in [7, 11) is 0. The van der Waals surface area contributed by atoms with E-state index in [1.54, 1.807) is 0 Å². The fraction of sp³-hybridized carbons (Fsp3) is 0.286. The fourth-order valence-corrected chi connectivity index (χ4v) is 1.33. The fourth-order valence-electron chi connectivity index (χ4n) is 1.20. The van der Waals surface area contributed by atoms with Crippen LogP contribution in [0.2, 0.25) is 0 Å². The molecule has 0 aliphatic rings. The van der Waals surface area contributed by atoms with Crippen molar-refractivity contribution in [3.05, 3.63) is 16.2 Å². The molecule has 0 aromatic carbocycles. The zero-order chi connectivity index (χ0) is 9.42. The number of nitrogens with zero attached hydrogens (tertiary/aromatic N) is 2. The Hall–Kier alpha value is -1.43. The van der Waals surface area contributed by atoms with Crippen molar-refractivity contribution in [2.45, 2.75) is 13.8 Å². The van der Waals surface area contributed by atoms with Crippen LogP contribution in [0.5, 0.6) is 0 Å². The van der Waals surface area contributed by atoms with Crippen LogP contribution in [-0.4, -0.2) is 20.4 Å². The van der Waals surface area contributed by atoms with Gasteiger partial charge in [-0.3, -0.25) is 5.10 Å². The molecule has 6 heteroatoms. The van der Waals surface area contributed by atoms with E-state index in [4.69, 9.17) is 16.6 Å². The Morgan fingerprint density at radius 1 is 1.23 bits per heavy atom. The summed E-state index contributed by atoms with van der Waals surface area (Å²) in [4.78, 5) is 0.273. The quantitative estimate of drug-likeness (QED) is 0.681. The average molecular weight is 196 g/mol. The second-order valence-corrected chi connectivity index (χ2v) is 3.10. The first kappa shape index (κ1) is 8.18. The third-order valence-electron chi connectivity index (χ3n) is 1.78. The lowest BCUT2D eigenvalue weighted by molar-refractivity contribution is 0.551. The van der Waals surface area contributed by atoms with Crippen molar-refractivity contribution in [2.75, 3.05) is 0 Å². The summed E-state index contributed by atoms with van der Waals surface area (Å²) >= 11 is 4.78. The number of H-pyrrole nitrogens is 2. The zero-order valence-electron chi connectivity index (χ0n) is 7.21. The van der Waals surface area contributed by atoms with Gasteiger partial charge >= 0.3 is 0 Å². The van der Waals surface area contributed by atoms with E-state index >= 15 is 0 Å².